The lowest BCUT2D eigenvalue weighted by molar-refractivity contribution is 0.0717. The molecular weight excluding hydrogens is 244 g/mol. The highest BCUT2D eigenvalue weighted by molar-refractivity contribution is 5.97. The van der Waals surface area contributed by atoms with Gasteiger partial charge in [-0.05, 0) is 31.0 Å². The summed E-state index contributed by atoms with van der Waals surface area (Å²) < 4.78 is 0. The minimum atomic E-state index is -0.437. The van der Waals surface area contributed by atoms with Crippen LogP contribution in [0.3, 0.4) is 0 Å². The molecule has 0 bridgehead atoms. The van der Waals surface area contributed by atoms with Crippen molar-refractivity contribution >= 4 is 16.9 Å². The summed E-state index contributed by atoms with van der Waals surface area (Å²) >= 11 is 0. The second-order valence-electron chi connectivity index (χ2n) is 4.96. The molecule has 0 radical (unpaired) electrons. The number of carbonyl (C=O) groups is 1. The molecule has 1 fully saturated rings. The van der Waals surface area contributed by atoms with Gasteiger partial charge in [-0.25, -0.2) is 0 Å². The lowest BCUT2D eigenvalue weighted by atomic mass is 9.92. The van der Waals surface area contributed by atoms with Crippen LogP contribution in [0.15, 0.2) is 18.2 Å². The van der Waals surface area contributed by atoms with E-state index < -0.39 is 6.10 Å². The minimum Gasteiger partial charge on any atom is -0.391 e. The maximum atomic E-state index is 12.1. The number of nitrogens with zero attached hydrogens (tertiary/aromatic N) is 2. The van der Waals surface area contributed by atoms with Crippen molar-refractivity contribution in [2.75, 3.05) is 0 Å². The van der Waals surface area contributed by atoms with Gasteiger partial charge in [-0.1, -0.05) is 12.8 Å². The molecule has 1 aromatic heterocycles. The summed E-state index contributed by atoms with van der Waals surface area (Å²) in [5.74, 6) is -0.171. The van der Waals surface area contributed by atoms with E-state index >= 15 is 0 Å². The van der Waals surface area contributed by atoms with E-state index in [0.29, 0.717) is 11.1 Å². The number of fused-ring (bicyclic) bond motifs is 1. The van der Waals surface area contributed by atoms with Crippen molar-refractivity contribution in [2.45, 2.75) is 37.8 Å². The Morgan fingerprint density at radius 2 is 2.05 bits per heavy atom. The van der Waals surface area contributed by atoms with Crippen LogP contribution in [0.25, 0.3) is 11.0 Å². The van der Waals surface area contributed by atoms with Crippen molar-refractivity contribution in [1.82, 2.24) is 20.7 Å². The number of aliphatic hydroxyl groups is 1. The molecule has 0 aliphatic heterocycles. The van der Waals surface area contributed by atoms with Crippen molar-refractivity contribution in [2.24, 2.45) is 0 Å². The molecular formula is C13H16N4O2. The van der Waals surface area contributed by atoms with E-state index in [4.69, 9.17) is 0 Å². The molecule has 19 heavy (non-hydrogen) atoms. The van der Waals surface area contributed by atoms with Crippen molar-refractivity contribution < 1.29 is 9.90 Å². The van der Waals surface area contributed by atoms with Gasteiger partial charge >= 0.3 is 0 Å². The van der Waals surface area contributed by atoms with Gasteiger partial charge in [0.15, 0.2) is 0 Å². The molecule has 1 aliphatic rings. The SMILES string of the molecule is O=C(NC1CCCCC1O)c1ccc2n[nH]nc2c1. The number of hydrogen-bond acceptors (Lipinski definition) is 4. The molecule has 0 spiro atoms. The molecule has 6 nitrogen and oxygen atoms in total. The van der Waals surface area contributed by atoms with E-state index in [1.807, 2.05) is 0 Å². The predicted octanol–water partition coefficient (Wildman–Crippen LogP) is 0.991. The molecule has 2 unspecified atom stereocenters. The highest BCUT2D eigenvalue weighted by atomic mass is 16.3. The Labute approximate surface area is 110 Å². The van der Waals surface area contributed by atoms with Crippen LogP contribution in [0, 0.1) is 0 Å². The van der Waals surface area contributed by atoms with Crippen molar-refractivity contribution in [1.29, 1.82) is 0 Å². The summed E-state index contributed by atoms with van der Waals surface area (Å²) in [6, 6.07) is 5.03. The third kappa shape index (κ3) is 2.44. The van der Waals surface area contributed by atoms with Crippen molar-refractivity contribution in [3.05, 3.63) is 23.8 Å². The fourth-order valence-corrected chi connectivity index (χ4v) is 2.51. The van der Waals surface area contributed by atoms with E-state index in [0.717, 1.165) is 31.2 Å². The summed E-state index contributed by atoms with van der Waals surface area (Å²) in [4.78, 5) is 12.1. The molecule has 2 atom stereocenters. The van der Waals surface area contributed by atoms with Crippen LogP contribution in [-0.2, 0) is 0 Å². The third-order valence-corrected chi connectivity index (χ3v) is 3.62. The summed E-state index contributed by atoms with van der Waals surface area (Å²) in [5.41, 5.74) is 1.94. The number of aromatic amines is 1. The lowest BCUT2D eigenvalue weighted by Gasteiger charge is -2.28. The zero-order valence-corrected chi connectivity index (χ0v) is 10.5. The van der Waals surface area contributed by atoms with Gasteiger partial charge in [0.25, 0.3) is 5.91 Å². The molecule has 1 aliphatic carbocycles. The van der Waals surface area contributed by atoms with Crippen LogP contribution < -0.4 is 5.32 Å². The number of amides is 1. The number of aliphatic hydroxyl groups excluding tert-OH is 1. The third-order valence-electron chi connectivity index (χ3n) is 3.62. The maximum Gasteiger partial charge on any atom is 0.251 e. The van der Waals surface area contributed by atoms with Crippen LogP contribution in [0.4, 0.5) is 0 Å². The van der Waals surface area contributed by atoms with E-state index in [1.54, 1.807) is 18.2 Å². The summed E-state index contributed by atoms with van der Waals surface area (Å²) in [6.45, 7) is 0. The first-order chi connectivity index (χ1) is 9.24. The van der Waals surface area contributed by atoms with Crippen molar-refractivity contribution in [3.8, 4) is 0 Å². The van der Waals surface area contributed by atoms with Gasteiger partial charge < -0.3 is 10.4 Å². The molecule has 2 aromatic rings. The average Bonchev–Trinajstić information content (AvgIpc) is 2.88. The number of hydrogen-bond donors (Lipinski definition) is 3. The number of benzene rings is 1. The Kier molecular flexibility index (Phi) is 3.16. The first-order valence-corrected chi connectivity index (χ1v) is 6.53. The second kappa shape index (κ2) is 4.97. The van der Waals surface area contributed by atoms with Gasteiger partial charge in [-0.2, -0.15) is 15.4 Å². The van der Waals surface area contributed by atoms with E-state index in [1.165, 1.54) is 0 Å². The largest absolute Gasteiger partial charge is 0.391 e. The first kappa shape index (κ1) is 12.1. The van der Waals surface area contributed by atoms with Gasteiger partial charge in [0.1, 0.15) is 11.0 Å². The highest BCUT2D eigenvalue weighted by Gasteiger charge is 2.24. The smallest absolute Gasteiger partial charge is 0.251 e. The Morgan fingerprint density at radius 1 is 1.26 bits per heavy atom. The Bertz CT molecular complexity index is 595. The fraction of sp³-hybridized carbons (Fsp3) is 0.462. The van der Waals surface area contributed by atoms with Crippen LogP contribution in [0.2, 0.25) is 0 Å². The quantitative estimate of drug-likeness (QED) is 0.751. The molecule has 1 heterocycles. The van der Waals surface area contributed by atoms with Crippen LogP contribution >= 0.6 is 0 Å². The predicted molar refractivity (Wildman–Crippen MR) is 69.6 cm³/mol. The van der Waals surface area contributed by atoms with Gasteiger partial charge in [0, 0.05) is 5.56 Å². The molecule has 6 heteroatoms. The van der Waals surface area contributed by atoms with E-state index in [-0.39, 0.29) is 11.9 Å². The van der Waals surface area contributed by atoms with Gasteiger partial charge in [0.2, 0.25) is 0 Å². The Morgan fingerprint density at radius 3 is 2.89 bits per heavy atom. The van der Waals surface area contributed by atoms with Gasteiger partial charge in [-0.15, -0.1) is 0 Å². The highest BCUT2D eigenvalue weighted by Crippen LogP contribution is 2.19. The molecule has 1 saturated carbocycles. The molecule has 1 aromatic carbocycles. The van der Waals surface area contributed by atoms with Crippen molar-refractivity contribution in [3.63, 3.8) is 0 Å². The summed E-state index contributed by atoms with van der Waals surface area (Å²) in [5, 5.41) is 23.2. The minimum absolute atomic E-state index is 0.144. The molecule has 3 N–H and O–H groups in total. The fourth-order valence-electron chi connectivity index (χ4n) is 2.51. The molecule has 3 rings (SSSR count). The zero-order valence-electron chi connectivity index (χ0n) is 10.5. The number of nitrogens with one attached hydrogen (secondary N) is 2. The Balaban J connectivity index is 1.75. The summed E-state index contributed by atoms with van der Waals surface area (Å²) in [6.07, 6.45) is 3.23. The molecule has 0 saturated heterocycles. The van der Waals surface area contributed by atoms with E-state index in [9.17, 15) is 9.90 Å². The standard InChI is InChI=1S/C13H16N4O2/c18-12-4-2-1-3-10(12)14-13(19)8-5-6-9-11(7-8)16-17-15-9/h5-7,10,12,18H,1-4H2,(H,14,19)(H,15,16,17). The summed E-state index contributed by atoms with van der Waals surface area (Å²) in [7, 11) is 0. The zero-order chi connectivity index (χ0) is 13.2. The number of rotatable bonds is 2. The molecule has 100 valence electrons. The normalized spacial score (nSPS) is 23.4. The van der Waals surface area contributed by atoms with Gasteiger partial charge in [0.05, 0.1) is 12.1 Å². The van der Waals surface area contributed by atoms with Crippen LogP contribution in [0.1, 0.15) is 36.0 Å². The number of H-pyrrole nitrogens is 1. The lowest BCUT2D eigenvalue weighted by Crippen LogP contribution is -2.45. The monoisotopic (exact) mass is 260 g/mol. The van der Waals surface area contributed by atoms with E-state index in [2.05, 4.69) is 20.7 Å². The second-order valence-corrected chi connectivity index (χ2v) is 4.96. The number of aromatic nitrogens is 3. The first-order valence-electron chi connectivity index (χ1n) is 6.53. The van der Waals surface area contributed by atoms with Crippen LogP contribution in [0.5, 0.6) is 0 Å². The maximum absolute atomic E-state index is 12.1. The Hall–Kier alpha value is -1.95. The number of carbonyl (C=O) groups excluding carboxylic acids is 1. The average molecular weight is 260 g/mol. The molecule has 1 amide bonds. The topological polar surface area (TPSA) is 90.9 Å². The van der Waals surface area contributed by atoms with Gasteiger partial charge in [-0.3, -0.25) is 4.79 Å². The van der Waals surface area contributed by atoms with Crippen LogP contribution in [-0.4, -0.2) is 38.6 Å².